The number of fused-ring (bicyclic) bond motifs is 1. The number of unbranched alkanes of at least 4 members (excludes halogenated alkanes) is 1. The van der Waals surface area contributed by atoms with E-state index in [1.54, 1.807) is 14.7 Å². The first kappa shape index (κ1) is 60.9. The van der Waals surface area contributed by atoms with Crippen molar-refractivity contribution < 1.29 is 78.6 Å². The van der Waals surface area contributed by atoms with Crippen LogP contribution in [0.2, 0.25) is 0 Å². The zero-order valence-corrected chi connectivity index (χ0v) is 43.4. The normalized spacial score (nSPS) is 20.6. The van der Waals surface area contributed by atoms with E-state index in [0.717, 1.165) is 29.2 Å². The maximum absolute atomic E-state index is 14.1. The minimum atomic E-state index is -1.55. The van der Waals surface area contributed by atoms with Crippen molar-refractivity contribution in [2.75, 3.05) is 98.2 Å². The predicted octanol–water partition coefficient (Wildman–Crippen LogP) is 0.498. The number of nitrogens with zero attached hydrogens (tertiary/aromatic N) is 5. The predicted molar refractivity (Wildman–Crippen MR) is 277 cm³/mol. The van der Waals surface area contributed by atoms with Crippen LogP contribution >= 0.6 is 0 Å². The van der Waals surface area contributed by atoms with Gasteiger partial charge in [0.2, 0.25) is 17.7 Å². The van der Waals surface area contributed by atoms with Crippen LogP contribution < -0.4 is 21.3 Å². The van der Waals surface area contributed by atoms with Crippen molar-refractivity contribution in [1.82, 2.24) is 45.8 Å². The van der Waals surface area contributed by atoms with E-state index in [2.05, 4.69) is 21.3 Å². The lowest BCUT2D eigenvalue weighted by Crippen LogP contribution is -2.53. The molecule has 0 radical (unpaired) electrons. The Balaban J connectivity index is 1.17. The van der Waals surface area contributed by atoms with Gasteiger partial charge in [0.1, 0.15) is 18.1 Å². The Hall–Kier alpha value is -6.96. The average Bonchev–Trinajstić information content (AvgIpc) is 3.37. The van der Waals surface area contributed by atoms with Gasteiger partial charge in [0.15, 0.2) is 0 Å². The van der Waals surface area contributed by atoms with Gasteiger partial charge in [-0.05, 0) is 86.0 Å². The molecule has 1 spiro atoms. The molecule has 424 valence electrons. The molecule has 25 heteroatoms. The molecule has 1 saturated carbocycles. The fourth-order valence-corrected chi connectivity index (χ4v) is 10.4. The van der Waals surface area contributed by atoms with Crippen LogP contribution in [-0.2, 0) is 49.6 Å². The summed E-state index contributed by atoms with van der Waals surface area (Å²) in [6.07, 6.45) is 3.72. The molecule has 3 atom stereocenters. The highest BCUT2D eigenvalue weighted by Crippen LogP contribution is 2.45. The third-order valence-corrected chi connectivity index (χ3v) is 14.8. The third kappa shape index (κ3) is 20.8. The highest BCUT2D eigenvalue weighted by atomic mass is 16.4. The Morgan fingerprint density at radius 1 is 0.558 bits per heavy atom. The van der Waals surface area contributed by atoms with E-state index in [9.17, 15) is 73.5 Å². The first-order chi connectivity index (χ1) is 36.7. The largest absolute Gasteiger partial charge is 0.481 e. The number of aliphatic carboxylic acids is 6. The fourth-order valence-electron chi connectivity index (χ4n) is 10.4. The number of carbonyl (C=O) groups excluding carboxylic acids is 4. The molecular weight excluding hydrogens is 1010 g/mol. The van der Waals surface area contributed by atoms with Crippen LogP contribution in [0.4, 0.5) is 4.79 Å². The molecule has 77 heavy (non-hydrogen) atoms. The number of hydrogen-bond donors (Lipinski definition) is 10. The topological polar surface area (TPSA) is 356 Å². The second kappa shape index (κ2) is 30.1. The van der Waals surface area contributed by atoms with Crippen LogP contribution in [0.3, 0.4) is 0 Å². The molecule has 0 bridgehead atoms. The molecule has 2 heterocycles. The van der Waals surface area contributed by atoms with Gasteiger partial charge in [-0.25, -0.2) is 14.4 Å². The van der Waals surface area contributed by atoms with Crippen molar-refractivity contribution in [3.05, 3.63) is 48.0 Å². The van der Waals surface area contributed by atoms with Gasteiger partial charge in [0.05, 0.1) is 26.2 Å². The molecule has 1 aliphatic carbocycles. The van der Waals surface area contributed by atoms with Crippen LogP contribution in [0.5, 0.6) is 0 Å². The summed E-state index contributed by atoms with van der Waals surface area (Å²) in [5, 5.41) is 68.8. The number of hydrogen-bond acceptors (Lipinski definition) is 14. The van der Waals surface area contributed by atoms with Crippen LogP contribution in [0.25, 0.3) is 10.8 Å². The molecule has 2 unspecified atom stereocenters. The van der Waals surface area contributed by atoms with Gasteiger partial charge in [-0.15, -0.1) is 0 Å². The van der Waals surface area contributed by atoms with Gasteiger partial charge in [0.25, 0.3) is 0 Å². The van der Waals surface area contributed by atoms with E-state index < -0.39 is 84.6 Å². The highest BCUT2D eigenvalue weighted by molar-refractivity contribution is 5.90. The maximum Gasteiger partial charge on any atom is 0.326 e. The quantitative estimate of drug-likeness (QED) is 0.0605. The molecule has 2 saturated heterocycles. The number of urea groups is 1. The number of nitrogens with one attached hydrogen (secondary N) is 4. The van der Waals surface area contributed by atoms with Crippen LogP contribution in [-0.4, -0.2) is 231 Å². The number of carboxylic acids is 6. The van der Waals surface area contributed by atoms with E-state index in [1.807, 2.05) is 52.3 Å². The number of rotatable bonds is 25. The van der Waals surface area contributed by atoms with Gasteiger partial charge in [-0.2, -0.15) is 0 Å². The number of likely N-dealkylation sites (tertiary alicyclic amines) is 1. The Bertz CT molecular complexity index is 2370. The van der Waals surface area contributed by atoms with E-state index >= 15 is 0 Å². The fraction of sp³-hybridized carbons (Fsp3) is 0.615. The second-order valence-corrected chi connectivity index (χ2v) is 20.5. The van der Waals surface area contributed by atoms with Crippen molar-refractivity contribution in [3.8, 4) is 0 Å². The molecule has 25 nitrogen and oxygen atoms in total. The van der Waals surface area contributed by atoms with Crippen LogP contribution in [0, 0.1) is 11.3 Å². The van der Waals surface area contributed by atoms with Gasteiger partial charge in [0, 0.05) is 90.8 Å². The number of carboxylic acid groups (broad SMARTS) is 6. The SMILES string of the molecule is O=C(O)CCC(NC(=O)NC(CCCCNC(=O)[C@H](Cc1ccc2ccccc2c1)NC(=O)C1CCC2(CCCN(C(=O)CN3CCN(CC(=O)O)CCN(CC(=O)O)CCN(CC(=O)O)CC3)C2)CC1)C(=O)O)C(=O)O. The second-order valence-electron chi connectivity index (χ2n) is 20.5. The Labute approximate surface area is 446 Å². The third-order valence-electron chi connectivity index (χ3n) is 14.8. The van der Waals surface area contributed by atoms with Crippen molar-refractivity contribution in [2.24, 2.45) is 11.3 Å². The van der Waals surface area contributed by atoms with E-state index in [-0.39, 0.29) is 108 Å². The first-order valence-electron chi connectivity index (χ1n) is 26.3. The lowest BCUT2D eigenvalue weighted by molar-refractivity contribution is -0.141. The van der Waals surface area contributed by atoms with Gasteiger partial charge in [-0.1, -0.05) is 42.5 Å². The number of amides is 5. The summed E-state index contributed by atoms with van der Waals surface area (Å²) in [4.78, 5) is 133. The summed E-state index contributed by atoms with van der Waals surface area (Å²) in [6.45, 7) is 2.61. The lowest BCUT2D eigenvalue weighted by atomic mass is 9.66. The van der Waals surface area contributed by atoms with Gasteiger partial charge < -0.3 is 56.8 Å². The zero-order chi connectivity index (χ0) is 56.1. The maximum atomic E-state index is 14.1. The molecule has 2 aromatic carbocycles. The molecule has 5 amide bonds. The van der Waals surface area contributed by atoms with Crippen molar-refractivity contribution in [1.29, 1.82) is 0 Å². The molecule has 2 aromatic rings. The Morgan fingerprint density at radius 3 is 1.60 bits per heavy atom. The minimum absolute atomic E-state index is 0.0306. The van der Waals surface area contributed by atoms with E-state index in [1.165, 1.54) is 0 Å². The van der Waals surface area contributed by atoms with Gasteiger partial charge in [-0.3, -0.25) is 53.2 Å². The van der Waals surface area contributed by atoms with Crippen molar-refractivity contribution >= 4 is 70.3 Å². The van der Waals surface area contributed by atoms with Crippen LogP contribution in [0.15, 0.2) is 42.5 Å². The molecule has 5 rings (SSSR count). The summed E-state index contributed by atoms with van der Waals surface area (Å²) < 4.78 is 0. The van der Waals surface area contributed by atoms with Crippen molar-refractivity contribution in [2.45, 2.75) is 95.2 Å². The number of carbonyl (C=O) groups is 10. The summed E-state index contributed by atoms with van der Waals surface area (Å²) in [7, 11) is 0. The molecule has 0 aromatic heterocycles. The Morgan fingerprint density at radius 2 is 1.08 bits per heavy atom. The summed E-state index contributed by atoms with van der Waals surface area (Å²) in [5.74, 6) is -8.48. The molecule has 10 N–H and O–H groups in total. The van der Waals surface area contributed by atoms with E-state index in [0.29, 0.717) is 58.3 Å². The zero-order valence-electron chi connectivity index (χ0n) is 43.4. The summed E-state index contributed by atoms with van der Waals surface area (Å²) in [5.41, 5.74) is 0.585. The standard InChI is InChI=1S/C52H75N9O16/c62-42(30-57-20-22-58(31-44(65)66)24-26-60(33-46(69)70)27-25-59(23-21-57)32-45(67)68)61-19-5-15-52(34-61)16-13-37(14-17-52)47(71)54-41(29-35-9-10-36-6-1-2-7-38(36)28-35)48(72)53-18-4-3-8-39(49(73)74)55-51(77)56-40(50(75)76)11-12-43(63)64/h1-2,6-7,9-10,28,37,39-41H,3-5,8,11-27,29-34H2,(H,53,72)(H,54,71)(H,63,64)(H,65,66)(H,67,68)(H,69,70)(H,73,74)(H,75,76)(H2,55,56,77)/t37?,39?,40?,41-,52?/m0/s1. The van der Waals surface area contributed by atoms with E-state index in [4.69, 9.17) is 5.11 Å². The average molecular weight is 1080 g/mol. The molecule has 2 aliphatic heterocycles. The lowest BCUT2D eigenvalue weighted by Gasteiger charge is -2.47. The number of piperidine rings is 1. The summed E-state index contributed by atoms with van der Waals surface area (Å²) >= 11 is 0. The first-order valence-corrected chi connectivity index (χ1v) is 26.3. The minimum Gasteiger partial charge on any atom is -0.481 e. The number of benzene rings is 2. The van der Waals surface area contributed by atoms with Crippen LogP contribution in [0.1, 0.15) is 76.2 Å². The molecule has 3 fully saturated rings. The smallest absolute Gasteiger partial charge is 0.326 e. The summed E-state index contributed by atoms with van der Waals surface area (Å²) in [6, 6.07) is 8.53. The monoisotopic (exact) mass is 1080 g/mol. The van der Waals surface area contributed by atoms with Gasteiger partial charge >= 0.3 is 41.8 Å². The van der Waals surface area contributed by atoms with Crippen molar-refractivity contribution in [3.63, 3.8) is 0 Å². The Kier molecular flexibility index (Phi) is 23.8. The highest BCUT2D eigenvalue weighted by Gasteiger charge is 2.42. The molecular formula is C52H75N9O16. The molecule has 3 aliphatic rings.